The Morgan fingerprint density at radius 2 is 2.03 bits per heavy atom. The van der Waals surface area contributed by atoms with Crippen LogP contribution in [-0.2, 0) is 4.74 Å². The average molecular weight is 451 g/mol. The number of aromatic nitrogens is 5. The van der Waals surface area contributed by atoms with Gasteiger partial charge in [0, 0.05) is 69.0 Å². The van der Waals surface area contributed by atoms with E-state index in [9.17, 15) is 0 Å². The van der Waals surface area contributed by atoms with Gasteiger partial charge in [0.15, 0.2) is 5.13 Å². The molecule has 0 bridgehead atoms. The SMILES string of the molecule is COCCN1CCN(c2ccnc(Nc3nc4ccc(-c5cn[nH]c5C)nc4s3)c2)CC1. The average Bonchev–Trinajstić information content (AvgIpc) is 3.43. The van der Waals surface area contributed by atoms with Gasteiger partial charge in [0.05, 0.1) is 18.5 Å². The van der Waals surface area contributed by atoms with E-state index >= 15 is 0 Å². The van der Waals surface area contributed by atoms with Crippen LogP contribution in [0.2, 0.25) is 0 Å². The normalized spacial score (nSPS) is 14.9. The van der Waals surface area contributed by atoms with E-state index in [1.807, 2.05) is 25.3 Å². The van der Waals surface area contributed by atoms with E-state index in [2.05, 4.69) is 47.4 Å². The lowest BCUT2D eigenvalue weighted by atomic mass is 10.2. The fraction of sp³-hybridized carbons (Fsp3) is 0.364. The molecule has 1 aliphatic rings. The number of piperazine rings is 1. The van der Waals surface area contributed by atoms with Gasteiger partial charge in [0.1, 0.15) is 16.2 Å². The minimum atomic E-state index is 0.780. The third-order valence-corrected chi connectivity index (χ3v) is 6.57. The molecular formula is C22H26N8OS. The molecule has 0 aliphatic carbocycles. The minimum Gasteiger partial charge on any atom is -0.383 e. The van der Waals surface area contributed by atoms with Gasteiger partial charge in [-0.1, -0.05) is 11.3 Å². The molecule has 1 saturated heterocycles. The van der Waals surface area contributed by atoms with E-state index < -0.39 is 0 Å². The van der Waals surface area contributed by atoms with Crippen LogP contribution in [0.5, 0.6) is 0 Å². The number of aromatic amines is 1. The molecule has 32 heavy (non-hydrogen) atoms. The summed E-state index contributed by atoms with van der Waals surface area (Å²) in [6.07, 6.45) is 3.65. The molecule has 10 heteroatoms. The molecule has 0 amide bonds. The van der Waals surface area contributed by atoms with Crippen molar-refractivity contribution in [1.29, 1.82) is 0 Å². The number of hydrogen-bond donors (Lipinski definition) is 2. The van der Waals surface area contributed by atoms with Crippen LogP contribution in [0.1, 0.15) is 5.69 Å². The first-order chi connectivity index (χ1) is 15.7. The number of aryl methyl sites for hydroxylation is 1. The van der Waals surface area contributed by atoms with Crippen LogP contribution < -0.4 is 10.2 Å². The van der Waals surface area contributed by atoms with E-state index in [1.165, 1.54) is 17.0 Å². The van der Waals surface area contributed by atoms with E-state index in [4.69, 9.17) is 9.72 Å². The highest BCUT2D eigenvalue weighted by molar-refractivity contribution is 7.21. The Morgan fingerprint density at radius 3 is 2.81 bits per heavy atom. The Balaban J connectivity index is 1.29. The maximum Gasteiger partial charge on any atom is 0.190 e. The first-order valence-corrected chi connectivity index (χ1v) is 11.5. The van der Waals surface area contributed by atoms with Crippen LogP contribution in [0.4, 0.5) is 16.6 Å². The molecule has 166 valence electrons. The monoisotopic (exact) mass is 450 g/mol. The molecule has 0 saturated carbocycles. The largest absolute Gasteiger partial charge is 0.383 e. The van der Waals surface area contributed by atoms with Gasteiger partial charge in [-0.05, 0) is 25.1 Å². The first-order valence-electron chi connectivity index (χ1n) is 10.7. The van der Waals surface area contributed by atoms with Crippen molar-refractivity contribution in [2.24, 2.45) is 0 Å². The number of hydrogen-bond acceptors (Lipinski definition) is 9. The van der Waals surface area contributed by atoms with Gasteiger partial charge < -0.3 is 15.0 Å². The van der Waals surface area contributed by atoms with E-state index in [0.717, 1.165) is 77.6 Å². The molecule has 4 aromatic rings. The van der Waals surface area contributed by atoms with Crippen molar-refractivity contribution in [3.8, 4) is 11.3 Å². The smallest absolute Gasteiger partial charge is 0.190 e. The van der Waals surface area contributed by atoms with Gasteiger partial charge in [0.25, 0.3) is 0 Å². The zero-order valence-corrected chi connectivity index (χ0v) is 19.0. The molecule has 4 aromatic heterocycles. The van der Waals surface area contributed by atoms with Gasteiger partial charge in [-0.2, -0.15) is 5.10 Å². The molecule has 0 radical (unpaired) electrons. The van der Waals surface area contributed by atoms with Crippen LogP contribution in [0, 0.1) is 6.92 Å². The fourth-order valence-electron chi connectivity index (χ4n) is 3.87. The number of H-pyrrole nitrogens is 1. The quantitative estimate of drug-likeness (QED) is 0.443. The number of pyridine rings is 2. The minimum absolute atomic E-state index is 0.780. The van der Waals surface area contributed by atoms with Crippen LogP contribution in [0.25, 0.3) is 21.6 Å². The predicted molar refractivity (Wildman–Crippen MR) is 128 cm³/mol. The van der Waals surface area contributed by atoms with Crippen molar-refractivity contribution in [3.63, 3.8) is 0 Å². The lowest BCUT2D eigenvalue weighted by Gasteiger charge is -2.36. The Labute approximate surface area is 190 Å². The van der Waals surface area contributed by atoms with Gasteiger partial charge in [-0.3, -0.25) is 10.00 Å². The van der Waals surface area contributed by atoms with Crippen molar-refractivity contribution < 1.29 is 4.74 Å². The summed E-state index contributed by atoms with van der Waals surface area (Å²) in [5, 5.41) is 11.2. The van der Waals surface area contributed by atoms with E-state index in [0.29, 0.717) is 0 Å². The van der Waals surface area contributed by atoms with Crippen LogP contribution in [0.15, 0.2) is 36.7 Å². The van der Waals surface area contributed by atoms with Crippen molar-refractivity contribution in [2.75, 3.05) is 56.7 Å². The summed E-state index contributed by atoms with van der Waals surface area (Å²) >= 11 is 1.52. The predicted octanol–water partition coefficient (Wildman–Crippen LogP) is 3.30. The number of nitrogens with one attached hydrogen (secondary N) is 2. The summed E-state index contributed by atoms with van der Waals surface area (Å²) < 4.78 is 5.20. The number of rotatable bonds is 7. The molecule has 0 aromatic carbocycles. The third-order valence-electron chi connectivity index (χ3n) is 5.69. The molecule has 1 fully saturated rings. The Bertz CT molecular complexity index is 1200. The summed E-state index contributed by atoms with van der Waals surface area (Å²) in [4.78, 5) is 19.7. The second-order valence-electron chi connectivity index (χ2n) is 7.79. The molecule has 5 heterocycles. The molecule has 0 atom stereocenters. The van der Waals surface area contributed by atoms with E-state index in [-0.39, 0.29) is 0 Å². The van der Waals surface area contributed by atoms with Crippen molar-refractivity contribution in [2.45, 2.75) is 6.92 Å². The molecule has 5 rings (SSSR count). The number of methoxy groups -OCH3 is 1. The maximum absolute atomic E-state index is 5.20. The molecule has 2 N–H and O–H groups in total. The summed E-state index contributed by atoms with van der Waals surface area (Å²) in [6.45, 7) is 7.83. The summed E-state index contributed by atoms with van der Waals surface area (Å²) in [7, 11) is 1.75. The summed E-state index contributed by atoms with van der Waals surface area (Å²) in [5.41, 5.74) is 4.94. The molecule has 0 spiro atoms. The molecule has 9 nitrogen and oxygen atoms in total. The third kappa shape index (κ3) is 4.43. The number of anilines is 3. The fourth-order valence-corrected chi connectivity index (χ4v) is 4.72. The zero-order valence-electron chi connectivity index (χ0n) is 18.2. The Kier molecular flexibility index (Phi) is 5.97. The highest BCUT2D eigenvalue weighted by Crippen LogP contribution is 2.30. The van der Waals surface area contributed by atoms with Gasteiger partial charge in [-0.15, -0.1) is 0 Å². The lowest BCUT2D eigenvalue weighted by molar-refractivity contribution is 0.144. The second kappa shape index (κ2) is 9.19. The molecule has 1 aliphatic heterocycles. The topological polar surface area (TPSA) is 95.1 Å². The van der Waals surface area contributed by atoms with Crippen LogP contribution >= 0.6 is 11.3 Å². The Morgan fingerprint density at radius 1 is 1.16 bits per heavy atom. The number of nitrogens with zero attached hydrogens (tertiary/aromatic N) is 6. The highest BCUT2D eigenvalue weighted by atomic mass is 32.1. The van der Waals surface area contributed by atoms with Crippen LogP contribution in [0.3, 0.4) is 0 Å². The first kappa shape index (κ1) is 20.8. The van der Waals surface area contributed by atoms with Gasteiger partial charge >= 0.3 is 0 Å². The number of fused-ring (bicyclic) bond motifs is 1. The lowest BCUT2D eigenvalue weighted by Crippen LogP contribution is -2.47. The van der Waals surface area contributed by atoms with Crippen molar-refractivity contribution >= 4 is 38.3 Å². The number of ether oxygens (including phenoxy) is 1. The van der Waals surface area contributed by atoms with Crippen LogP contribution in [-0.4, -0.2) is 76.5 Å². The summed E-state index contributed by atoms with van der Waals surface area (Å²) in [5.74, 6) is 0.786. The van der Waals surface area contributed by atoms with Gasteiger partial charge in [-0.25, -0.2) is 15.0 Å². The standard InChI is InChI=1S/C22H26N8OS/c1-15-17(14-24-28-15)18-3-4-19-21(25-18)32-22(26-19)27-20-13-16(5-6-23-20)30-9-7-29(8-10-30)11-12-31-2/h3-6,13-14H,7-12H2,1-2H3,(H,24,28)(H,23,26,27). The maximum atomic E-state index is 5.20. The van der Waals surface area contributed by atoms with Gasteiger partial charge in [0.2, 0.25) is 0 Å². The Hall–Kier alpha value is -3.08. The molecular weight excluding hydrogens is 424 g/mol. The second-order valence-corrected chi connectivity index (χ2v) is 8.77. The summed E-state index contributed by atoms with van der Waals surface area (Å²) in [6, 6.07) is 8.13. The molecule has 0 unspecified atom stereocenters. The highest BCUT2D eigenvalue weighted by Gasteiger charge is 2.17. The zero-order chi connectivity index (χ0) is 21.9. The van der Waals surface area contributed by atoms with Crippen molar-refractivity contribution in [1.82, 2.24) is 30.0 Å². The van der Waals surface area contributed by atoms with E-state index in [1.54, 1.807) is 13.3 Å². The number of thiazole rings is 1. The van der Waals surface area contributed by atoms with Crippen molar-refractivity contribution in [3.05, 3.63) is 42.4 Å².